The van der Waals surface area contributed by atoms with Crippen LogP contribution in [0.15, 0.2) is 17.2 Å². The van der Waals surface area contributed by atoms with E-state index in [9.17, 15) is 9.90 Å². The minimum Gasteiger partial charge on any atom is -0.506 e. The smallest absolute Gasteiger partial charge is 0.332 e. The van der Waals surface area contributed by atoms with Crippen LogP contribution in [0, 0.1) is 0 Å². The van der Waals surface area contributed by atoms with E-state index in [1.807, 2.05) is 5.43 Å². The summed E-state index contributed by atoms with van der Waals surface area (Å²) in [5.74, 6) is -0.124. The maximum atomic E-state index is 10.3. The average Bonchev–Trinajstić information content (AvgIpc) is 2.13. The van der Waals surface area contributed by atoms with Gasteiger partial charge in [-0.25, -0.2) is 10.2 Å². The lowest BCUT2D eigenvalue weighted by Crippen LogP contribution is -2.24. The number of phenolic OH excluding ortho intramolecular Hbond substituents is 1. The monoisotopic (exact) mass is 247 g/mol. The van der Waals surface area contributed by atoms with Gasteiger partial charge >= 0.3 is 6.03 Å². The van der Waals surface area contributed by atoms with Crippen molar-refractivity contribution in [2.24, 2.45) is 10.8 Å². The van der Waals surface area contributed by atoms with Crippen LogP contribution in [0.5, 0.6) is 5.75 Å². The topological polar surface area (TPSA) is 87.7 Å². The zero-order valence-corrected chi connectivity index (χ0v) is 8.88. The molecule has 0 aliphatic carbocycles. The molecule has 0 radical (unpaired) electrons. The van der Waals surface area contributed by atoms with Gasteiger partial charge in [0.1, 0.15) is 5.75 Å². The first kappa shape index (κ1) is 11.6. The minimum atomic E-state index is -0.791. The lowest BCUT2D eigenvalue weighted by atomic mass is 10.2. The predicted octanol–water partition coefficient (Wildman–Crippen LogP) is 1.70. The van der Waals surface area contributed by atoms with Crippen molar-refractivity contribution in [3.05, 3.63) is 27.7 Å². The number of aromatic hydroxyl groups is 1. The Morgan fingerprint density at radius 3 is 2.73 bits per heavy atom. The maximum absolute atomic E-state index is 10.3. The number of amides is 2. The number of nitrogens with two attached hydrogens (primary N) is 1. The van der Waals surface area contributed by atoms with E-state index in [0.717, 1.165) is 0 Å². The molecule has 0 spiro atoms. The van der Waals surface area contributed by atoms with Crippen molar-refractivity contribution < 1.29 is 9.90 Å². The molecule has 1 aromatic carbocycles. The number of primary amides is 1. The summed E-state index contributed by atoms with van der Waals surface area (Å²) in [5.41, 5.74) is 7.18. The van der Waals surface area contributed by atoms with Gasteiger partial charge in [-0.15, -0.1) is 0 Å². The van der Waals surface area contributed by atoms with E-state index in [4.69, 9.17) is 28.9 Å². The van der Waals surface area contributed by atoms with Crippen LogP contribution in [0.1, 0.15) is 5.56 Å². The largest absolute Gasteiger partial charge is 0.506 e. The van der Waals surface area contributed by atoms with E-state index < -0.39 is 6.03 Å². The van der Waals surface area contributed by atoms with Crippen molar-refractivity contribution in [1.29, 1.82) is 0 Å². The number of carbonyl (C=O) groups excluding carboxylic acids is 1. The van der Waals surface area contributed by atoms with Gasteiger partial charge in [0.25, 0.3) is 0 Å². The Kier molecular flexibility index (Phi) is 3.76. The Morgan fingerprint density at radius 1 is 1.47 bits per heavy atom. The second kappa shape index (κ2) is 4.86. The van der Waals surface area contributed by atoms with Gasteiger partial charge in [0, 0.05) is 5.56 Å². The first-order valence-corrected chi connectivity index (χ1v) is 4.53. The summed E-state index contributed by atoms with van der Waals surface area (Å²) < 4.78 is 0. The third-order valence-electron chi connectivity index (χ3n) is 1.44. The zero-order chi connectivity index (χ0) is 11.4. The molecule has 0 fully saturated rings. The molecule has 0 unspecified atom stereocenters. The van der Waals surface area contributed by atoms with E-state index in [2.05, 4.69) is 5.10 Å². The zero-order valence-electron chi connectivity index (χ0n) is 7.37. The van der Waals surface area contributed by atoms with Crippen LogP contribution in [-0.2, 0) is 0 Å². The first-order valence-electron chi connectivity index (χ1n) is 3.77. The van der Waals surface area contributed by atoms with Gasteiger partial charge in [0.2, 0.25) is 0 Å². The lowest BCUT2D eigenvalue weighted by Gasteiger charge is -2.01. The summed E-state index contributed by atoms with van der Waals surface area (Å²) >= 11 is 11.4. The summed E-state index contributed by atoms with van der Waals surface area (Å²) in [6.07, 6.45) is 1.24. The van der Waals surface area contributed by atoms with E-state index in [-0.39, 0.29) is 10.8 Å². The van der Waals surface area contributed by atoms with Crippen LogP contribution in [0.25, 0.3) is 0 Å². The number of carbonyl (C=O) groups is 1. The van der Waals surface area contributed by atoms with Crippen LogP contribution < -0.4 is 11.2 Å². The molecule has 0 atom stereocenters. The predicted molar refractivity (Wildman–Crippen MR) is 58.4 cm³/mol. The number of benzene rings is 1. The fourth-order valence-corrected chi connectivity index (χ4v) is 1.25. The minimum absolute atomic E-state index is 0.124. The summed E-state index contributed by atoms with van der Waals surface area (Å²) in [7, 11) is 0. The van der Waals surface area contributed by atoms with E-state index in [1.165, 1.54) is 18.3 Å². The Hall–Kier alpha value is -1.46. The molecule has 0 heterocycles. The molecule has 2 amide bonds. The molecule has 1 aromatic rings. The van der Waals surface area contributed by atoms with Crippen molar-refractivity contribution in [2.75, 3.05) is 0 Å². The number of urea groups is 1. The van der Waals surface area contributed by atoms with Crippen LogP contribution >= 0.6 is 23.2 Å². The molecule has 4 N–H and O–H groups in total. The molecule has 0 aliphatic heterocycles. The third-order valence-corrected chi connectivity index (χ3v) is 2.07. The van der Waals surface area contributed by atoms with Crippen molar-refractivity contribution in [3.63, 3.8) is 0 Å². The van der Waals surface area contributed by atoms with Gasteiger partial charge in [0.15, 0.2) is 0 Å². The molecule has 1 rings (SSSR count). The van der Waals surface area contributed by atoms with Crippen LogP contribution in [0.4, 0.5) is 4.79 Å². The summed E-state index contributed by atoms with van der Waals surface area (Å²) in [5, 5.41) is 13.2. The standard InChI is InChI=1S/C8H7Cl2N3O2/c9-5-2-6(10)7(14)1-4(5)3-12-13-8(11)15/h1-3,14H,(H3,11,13,15). The second-order valence-electron chi connectivity index (χ2n) is 2.56. The second-order valence-corrected chi connectivity index (χ2v) is 3.37. The van der Waals surface area contributed by atoms with Gasteiger partial charge in [-0.3, -0.25) is 0 Å². The highest BCUT2D eigenvalue weighted by atomic mass is 35.5. The number of nitrogens with zero attached hydrogens (tertiary/aromatic N) is 1. The number of hydrazone groups is 1. The Morgan fingerprint density at radius 2 is 2.13 bits per heavy atom. The van der Waals surface area contributed by atoms with Crippen molar-refractivity contribution >= 4 is 35.4 Å². The normalized spacial score (nSPS) is 10.5. The van der Waals surface area contributed by atoms with E-state index in [0.29, 0.717) is 10.6 Å². The molecule has 7 heteroatoms. The first-order chi connectivity index (χ1) is 7.00. The Balaban J connectivity index is 2.90. The molecule has 0 saturated carbocycles. The lowest BCUT2D eigenvalue weighted by molar-refractivity contribution is 0.249. The molecule has 0 bridgehead atoms. The van der Waals surface area contributed by atoms with Gasteiger partial charge in [-0.05, 0) is 12.1 Å². The Labute approximate surface area is 95.5 Å². The van der Waals surface area contributed by atoms with Crippen LogP contribution in [0.3, 0.4) is 0 Å². The van der Waals surface area contributed by atoms with E-state index in [1.54, 1.807) is 0 Å². The number of nitrogens with one attached hydrogen (secondary N) is 1. The van der Waals surface area contributed by atoms with Crippen molar-refractivity contribution in [3.8, 4) is 5.75 Å². The fraction of sp³-hybridized carbons (Fsp3) is 0. The molecule has 0 saturated heterocycles. The van der Waals surface area contributed by atoms with Gasteiger partial charge in [-0.1, -0.05) is 23.2 Å². The highest BCUT2D eigenvalue weighted by Gasteiger charge is 2.04. The SMILES string of the molecule is NC(=O)NN=Cc1cc(O)c(Cl)cc1Cl. The quantitative estimate of drug-likeness (QED) is 0.549. The van der Waals surface area contributed by atoms with Gasteiger partial charge in [0.05, 0.1) is 16.3 Å². The summed E-state index contributed by atoms with van der Waals surface area (Å²) in [6, 6.07) is 1.89. The van der Waals surface area contributed by atoms with E-state index >= 15 is 0 Å². The number of halogens is 2. The number of rotatable bonds is 2. The molecule has 15 heavy (non-hydrogen) atoms. The third kappa shape index (κ3) is 3.30. The van der Waals surface area contributed by atoms with Crippen molar-refractivity contribution in [1.82, 2.24) is 5.43 Å². The number of hydrogen-bond donors (Lipinski definition) is 3. The number of hydrogen-bond acceptors (Lipinski definition) is 3. The summed E-state index contributed by atoms with van der Waals surface area (Å²) in [6.45, 7) is 0. The fourth-order valence-electron chi connectivity index (χ4n) is 0.818. The highest BCUT2D eigenvalue weighted by Crippen LogP contribution is 2.28. The Bertz CT molecular complexity index is 421. The molecule has 0 aliphatic rings. The average molecular weight is 248 g/mol. The van der Waals surface area contributed by atoms with Crippen LogP contribution in [-0.4, -0.2) is 17.4 Å². The highest BCUT2D eigenvalue weighted by molar-refractivity contribution is 6.37. The molecular formula is C8H7Cl2N3O2. The number of phenols is 1. The van der Waals surface area contributed by atoms with Gasteiger partial charge < -0.3 is 10.8 Å². The molecule has 0 aromatic heterocycles. The molecule has 5 nitrogen and oxygen atoms in total. The maximum Gasteiger partial charge on any atom is 0.332 e. The van der Waals surface area contributed by atoms with Crippen LogP contribution in [0.2, 0.25) is 10.0 Å². The molecular weight excluding hydrogens is 241 g/mol. The van der Waals surface area contributed by atoms with Crippen molar-refractivity contribution in [2.45, 2.75) is 0 Å². The molecule has 80 valence electrons. The summed E-state index contributed by atoms with van der Waals surface area (Å²) in [4.78, 5) is 10.3. The van der Waals surface area contributed by atoms with Gasteiger partial charge in [-0.2, -0.15) is 5.10 Å².